The molecule has 0 spiro atoms. The van der Waals surface area contributed by atoms with Gasteiger partial charge in [-0.2, -0.15) is 0 Å². The van der Waals surface area contributed by atoms with Gasteiger partial charge in [0.05, 0.1) is 6.54 Å². The van der Waals surface area contributed by atoms with Crippen molar-refractivity contribution in [3.63, 3.8) is 0 Å². The topological polar surface area (TPSA) is 29.1 Å². The van der Waals surface area contributed by atoms with E-state index in [9.17, 15) is 13.6 Å². The predicted octanol–water partition coefficient (Wildman–Crippen LogP) is 2.28. The first-order valence-electron chi connectivity index (χ1n) is 4.36. The Morgan fingerprint density at radius 2 is 2.20 bits per heavy atom. The second-order valence-corrected chi connectivity index (χ2v) is 3.62. The molecule has 2 nitrogen and oxygen atoms in total. The molecule has 1 N–H and O–H groups in total. The number of alkyl halides is 2. The number of hydrogen-bond donors (Lipinski definition) is 2. The summed E-state index contributed by atoms with van der Waals surface area (Å²) in [5.41, 5.74) is 1.11. The molecule has 0 unspecified atom stereocenters. The summed E-state index contributed by atoms with van der Waals surface area (Å²) in [5.74, 6) is -0.497. The van der Waals surface area contributed by atoms with Crippen LogP contribution in [-0.2, 0) is 0 Å². The van der Waals surface area contributed by atoms with Crippen molar-refractivity contribution in [2.24, 2.45) is 0 Å². The summed E-state index contributed by atoms with van der Waals surface area (Å²) in [6.45, 7) is 1.11. The van der Waals surface area contributed by atoms with E-state index < -0.39 is 18.9 Å². The first-order chi connectivity index (χ1) is 7.00. The molecule has 0 aliphatic carbocycles. The third-order valence-corrected chi connectivity index (χ3v) is 2.16. The maximum Gasteiger partial charge on any atom is 0.255 e. The number of halogens is 2. The number of benzene rings is 1. The van der Waals surface area contributed by atoms with Gasteiger partial charge >= 0.3 is 0 Å². The van der Waals surface area contributed by atoms with Crippen LogP contribution in [0.15, 0.2) is 23.1 Å². The highest BCUT2D eigenvalue weighted by Crippen LogP contribution is 2.13. The van der Waals surface area contributed by atoms with Crippen LogP contribution in [-0.4, -0.2) is 18.9 Å². The van der Waals surface area contributed by atoms with Gasteiger partial charge in [-0.25, -0.2) is 8.78 Å². The summed E-state index contributed by atoms with van der Waals surface area (Å²) < 4.78 is 23.7. The highest BCUT2D eigenvalue weighted by molar-refractivity contribution is 7.80. The van der Waals surface area contributed by atoms with Crippen molar-refractivity contribution in [2.45, 2.75) is 18.2 Å². The SMILES string of the molecule is Cc1ccc(S)cc1C(=O)NCC(F)F. The molecule has 0 bridgehead atoms. The number of hydrogen-bond acceptors (Lipinski definition) is 2. The van der Waals surface area contributed by atoms with Gasteiger partial charge in [0, 0.05) is 10.5 Å². The van der Waals surface area contributed by atoms with Gasteiger partial charge in [-0.15, -0.1) is 12.6 Å². The summed E-state index contributed by atoms with van der Waals surface area (Å²) in [6.07, 6.45) is -2.53. The van der Waals surface area contributed by atoms with Gasteiger partial charge in [-0.1, -0.05) is 6.07 Å². The highest BCUT2D eigenvalue weighted by Gasteiger charge is 2.11. The van der Waals surface area contributed by atoms with Crippen LogP contribution in [0.1, 0.15) is 15.9 Å². The van der Waals surface area contributed by atoms with E-state index in [4.69, 9.17) is 0 Å². The van der Waals surface area contributed by atoms with E-state index in [1.807, 2.05) is 0 Å². The fourth-order valence-electron chi connectivity index (χ4n) is 1.12. The molecule has 0 radical (unpaired) electrons. The molecule has 0 heterocycles. The predicted molar refractivity (Wildman–Crippen MR) is 56.8 cm³/mol. The number of amides is 1. The highest BCUT2D eigenvalue weighted by atomic mass is 32.1. The minimum atomic E-state index is -2.53. The van der Waals surface area contributed by atoms with Crippen molar-refractivity contribution in [3.05, 3.63) is 29.3 Å². The molecular formula is C10H11F2NOS. The molecule has 1 aromatic rings. The first-order valence-corrected chi connectivity index (χ1v) is 4.81. The van der Waals surface area contributed by atoms with E-state index in [1.54, 1.807) is 25.1 Å². The molecule has 0 saturated heterocycles. The molecule has 0 atom stereocenters. The van der Waals surface area contributed by atoms with Gasteiger partial charge in [0.15, 0.2) is 0 Å². The average Bonchev–Trinajstić information content (AvgIpc) is 2.18. The largest absolute Gasteiger partial charge is 0.346 e. The van der Waals surface area contributed by atoms with Gasteiger partial charge in [-0.3, -0.25) is 4.79 Å². The number of carbonyl (C=O) groups excluding carboxylic acids is 1. The monoisotopic (exact) mass is 231 g/mol. The van der Waals surface area contributed by atoms with E-state index in [2.05, 4.69) is 17.9 Å². The number of thiol groups is 1. The summed E-state index contributed by atoms with van der Waals surface area (Å²) in [5, 5.41) is 2.14. The molecule has 0 fully saturated rings. The molecule has 0 aliphatic rings. The molecule has 0 aromatic heterocycles. The Labute approximate surface area is 92.1 Å². The number of carbonyl (C=O) groups is 1. The van der Waals surface area contributed by atoms with Crippen LogP contribution in [0.2, 0.25) is 0 Å². The van der Waals surface area contributed by atoms with Crippen molar-refractivity contribution < 1.29 is 13.6 Å². The van der Waals surface area contributed by atoms with Crippen molar-refractivity contribution in [1.82, 2.24) is 5.32 Å². The number of rotatable bonds is 3. The lowest BCUT2D eigenvalue weighted by molar-refractivity contribution is 0.0891. The van der Waals surface area contributed by atoms with Crippen LogP contribution in [0.3, 0.4) is 0 Å². The minimum absolute atomic E-state index is 0.378. The van der Waals surface area contributed by atoms with E-state index in [1.165, 1.54) is 0 Å². The molecule has 1 amide bonds. The average molecular weight is 231 g/mol. The molecule has 15 heavy (non-hydrogen) atoms. The lowest BCUT2D eigenvalue weighted by atomic mass is 10.1. The third kappa shape index (κ3) is 3.51. The van der Waals surface area contributed by atoms with Crippen LogP contribution in [0.4, 0.5) is 8.78 Å². The van der Waals surface area contributed by atoms with E-state index in [-0.39, 0.29) is 0 Å². The maximum atomic E-state index is 11.9. The second-order valence-electron chi connectivity index (χ2n) is 3.10. The fourth-order valence-corrected chi connectivity index (χ4v) is 1.32. The lowest BCUT2D eigenvalue weighted by Crippen LogP contribution is -2.28. The zero-order valence-electron chi connectivity index (χ0n) is 8.13. The number of aryl methyl sites for hydroxylation is 1. The molecule has 5 heteroatoms. The van der Waals surface area contributed by atoms with Crippen molar-refractivity contribution >= 4 is 18.5 Å². The molecule has 1 rings (SSSR count). The van der Waals surface area contributed by atoms with Gasteiger partial charge in [-0.05, 0) is 24.6 Å². The molecule has 0 aliphatic heterocycles. The van der Waals surface area contributed by atoms with Crippen LogP contribution in [0, 0.1) is 6.92 Å². The quantitative estimate of drug-likeness (QED) is 0.768. The van der Waals surface area contributed by atoms with Crippen LogP contribution in [0.25, 0.3) is 0 Å². The first kappa shape index (κ1) is 12.0. The fraction of sp³-hybridized carbons (Fsp3) is 0.300. The van der Waals surface area contributed by atoms with Gasteiger partial charge in [0.25, 0.3) is 12.3 Å². The third-order valence-electron chi connectivity index (χ3n) is 1.88. The Bertz CT molecular complexity index is 368. The van der Waals surface area contributed by atoms with Crippen molar-refractivity contribution in [3.8, 4) is 0 Å². The van der Waals surface area contributed by atoms with Crippen molar-refractivity contribution in [2.75, 3.05) is 6.54 Å². The molecule has 1 aromatic carbocycles. The van der Waals surface area contributed by atoms with E-state index >= 15 is 0 Å². The van der Waals surface area contributed by atoms with Crippen LogP contribution >= 0.6 is 12.6 Å². The lowest BCUT2D eigenvalue weighted by Gasteiger charge is -2.07. The zero-order chi connectivity index (χ0) is 11.4. The standard InChI is InChI=1S/C10H11F2NOS/c1-6-2-3-7(15)4-8(6)10(14)13-5-9(11)12/h2-4,9,15H,5H2,1H3,(H,13,14). The zero-order valence-corrected chi connectivity index (χ0v) is 9.02. The number of nitrogens with one attached hydrogen (secondary N) is 1. The summed E-state index contributed by atoms with van der Waals surface area (Å²) in [6, 6.07) is 5.02. The second kappa shape index (κ2) is 5.11. The normalized spacial score (nSPS) is 10.5. The molecular weight excluding hydrogens is 220 g/mol. The van der Waals surface area contributed by atoms with E-state index in [0.717, 1.165) is 5.56 Å². The Morgan fingerprint density at radius 1 is 1.53 bits per heavy atom. The van der Waals surface area contributed by atoms with Gasteiger partial charge < -0.3 is 5.32 Å². The Morgan fingerprint density at radius 3 is 2.80 bits per heavy atom. The van der Waals surface area contributed by atoms with Crippen LogP contribution < -0.4 is 5.32 Å². The summed E-state index contributed by atoms with van der Waals surface area (Å²) >= 11 is 4.08. The summed E-state index contributed by atoms with van der Waals surface area (Å²) in [4.78, 5) is 12.1. The Balaban J connectivity index is 2.77. The Hall–Kier alpha value is -1.10. The van der Waals surface area contributed by atoms with Gasteiger partial charge in [0.2, 0.25) is 0 Å². The van der Waals surface area contributed by atoms with Crippen LogP contribution in [0.5, 0.6) is 0 Å². The molecule has 82 valence electrons. The van der Waals surface area contributed by atoms with E-state index in [0.29, 0.717) is 10.5 Å². The van der Waals surface area contributed by atoms with Gasteiger partial charge in [0.1, 0.15) is 0 Å². The smallest absolute Gasteiger partial charge is 0.255 e. The van der Waals surface area contributed by atoms with Crippen molar-refractivity contribution in [1.29, 1.82) is 0 Å². The molecule has 0 saturated carbocycles. The minimum Gasteiger partial charge on any atom is -0.346 e. The summed E-state index contributed by atoms with van der Waals surface area (Å²) in [7, 11) is 0. The maximum absolute atomic E-state index is 11.9. The Kier molecular flexibility index (Phi) is 4.08.